The lowest BCUT2D eigenvalue weighted by Gasteiger charge is -2.27. The highest BCUT2D eigenvalue weighted by atomic mass is 32.2. The summed E-state index contributed by atoms with van der Waals surface area (Å²) < 4.78 is 24.7. The Morgan fingerprint density at radius 1 is 1.21 bits per heavy atom. The molecule has 6 nitrogen and oxygen atoms in total. The third kappa shape index (κ3) is 3.31. The van der Waals surface area contributed by atoms with Crippen LogP contribution >= 0.6 is 11.8 Å². The number of anilines is 1. The van der Waals surface area contributed by atoms with E-state index in [-0.39, 0.29) is 36.9 Å². The minimum atomic E-state index is -0.445. The van der Waals surface area contributed by atoms with Crippen molar-refractivity contribution in [1.82, 2.24) is 5.32 Å². The van der Waals surface area contributed by atoms with Gasteiger partial charge >= 0.3 is 0 Å². The second kappa shape index (κ2) is 7.26. The molecule has 29 heavy (non-hydrogen) atoms. The summed E-state index contributed by atoms with van der Waals surface area (Å²) in [4.78, 5) is 27.6. The van der Waals surface area contributed by atoms with Crippen LogP contribution in [0.4, 0.5) is 10.1 Å². The van der Waals surface area contributed by atoms with Gasteiger partial charge in [0, 0.05) is 35.4 Å². The average molecular weight is 414 g/mol. The summed E-state index contributed by atoms with van der Waals surface area (Å²) in [5.41, 5.74) is 1.50. The van der Waals surface area contributed by atoms with Crippen LogP contribution in [0.3, 0.4) is 0 Å². The van der Waals surface area contributed by atoms with Crippen molar-refractivity contribution in [3.05, 3.63) is 47.8 Å². The van der Waals surface area contributed by atoms with Crippen LogP contribution in [0, 0.1) is 11.7 Å². The summed E-state index contributed by atoms with van der Waals surface area (Å²) in [6.45, 7) is 0.474. The monoisotopic (exact) mass is 414 g/mol. The number of fused-ring (bicyclic) bond motifs is 2. The Labute approximate surface area is 171 Å². The van der Waals surface area contributed by atoms with Crippen LogP contribution in [0.15, 0.2) is 41.3 Å². The van der Waals surface area contributed by atoms with Crippen LogP contribution in [0.25, 0.3) is 0 Å². The van der Waals surface area contributed by atoms with Gasteiger partial charge in [0.25, 0.3) is 0 Å². The predicted octanol–water partition coefficient (Wildman–Crippen LogP) is 3.26. The first-order valence-corrected chi connectivity index (χ1v) is 10.5. The van der Waals surface area contributed by atoms with E-state index in [1.165, 1.54) is 17.8 Å². The zero-order valence-corrected chi connectivity index (χ0v) is 16.3. The summed E-state index contributed by atoms with van der Waals surface area (Å²) in [6.07, 6.45) is 0.886. The Kier molecular flexibility index (Phi) is 4.58. The fourth-order valence-electron chi connectivity index (χ4n) is 4.01. The van der Waals surface area contributed by atoms with Gasteiger partial charge in [-0.3, -0.25) is 9.59 Å². The van der Waals surface area contributed by atoms with Gasteiger partial charge in [-0.25, -0.2) is 4.39 Å². The molecule has 0 saturated carbocycles. The molecule has 150 valence electrons. The lowest BCUT2D eigenvalue weighted by molar-refractivity contribution is -0.127. The fourth-order valence-corrected chi connectivity index (χ4v) is 5.15. The number of amides is 2. The molecule has 3 heterocycles. The van der Waals surface area contributed by atoms with Gasteiger partial charge in [0.15, 0.2) is 11.5 Å². The number of hydrogen-bond acceptors (Lipinski definition) is 5. The largest absolute Gasteiger partial charge is 0.454 e. The number of carbonyl (C=O) groups is 2. The smallest absolute Gasteiger partial charge is 0.231 e. The van der Waals surface area contributed by atoms with E-state index < -0.39 is 5.92 Å². The van der Waals surface area contributed by atoms with Crippen molar-refractivity contribution in [3.63, 3.8) is 0 Å². The molecule has 2 atom stereocenters. The highest BCUT2D eigenvalue weighted by molar-refractivity contribution is 7.99. The summed E-state index contributed by atoms with van der Waals surface area (Å²) >= 11 is 1.48. The molecule has 8 heteroatoms. The Balaban J connectivity index is 1.30. The summed E-state index contributed by atoms with van der Waals surface area (Å²) in [7, 11) is 0. The highest BCUT2D eigenvalue weighted by Crippen LogP contribution is 2.39. The molecule has 5 rings (SSSR count). The van der Waals surface area contributed by atoms with Gasteiger partial charge in [-0.15, -0.1) is 11.8 Å². The van der Waals surface area contributed by atoms with Crippen LogP contribution < -0.4 is 19.7 Å². The number of ether oxygens (including phenoxy) is 2. The van der Waals surface area contributed by atoms with Crippen molar-refractivity contribution in [2.45, 2.75) is 23.8 Å². The Morgan fingerprint density at radius 2 is 2.07 bits per heavy atom. The maximum atomic E-state index is 14.1. The third-order valence-electron chi connectivity index (χ3n) is 5.51. The van der Waals surface area contributed by atoms with Crippen LogP contribution in [0.5, 0.6) is 11.5 Å². The molecule has 2 unspecified atom stereocenters. The number of carbonyl (C=O) groups excluding carboxylic acids is 2. The molecule has 3 aliphatic rings. The quantitative estimate of drug-likeness (QED) is 0.835. The van der Waals surface area contributed by atoms with Gasteiger partial charge in [-0.05, 0) is 30.2 Å². The Bertz CT molecular complexity index is 999. The zero-order chi connectivity index (χ0) is 20.0. The summed E-state index contributed by atoms with van der Waals surface area (Å²) in [5.74, 6) is 1.02. The molecular weight excluding hydrogens is 395 g/mol. The summed E-state index contributed by atoms with van der Waals surface area (Å²) in [5, 5.41) is 3.04. The maximum absolute atomic E-state index is 14.1. The molecule has 0 aliphatic carbocycles. The standard InChI is InChI=1S/C21H19FN2O4S/c22-15-3-1-2-14-16(6-7-29-20(14)15)23-21(26)12-8-19(25)24(10-12)13-4-5-17-18(9-13)28-11-27-17/h1-5,9,12,16H,6-8,10-11H2,(H,23,26). The van der Waals surface area contributed by atoms with Crippen molar-refractivity contribution >= 4 is 29.3 Å². The summed E-state index contributed by atoms with van der Waals surface area (Å²) in [6, 6.07) is 10.1. The molecule has 0 spiro atoms. The first-order valence-electron chi connectivity index (χ1n) is 9.52. The van der Waals surface area contributed by atoms with Gasteiger partial charge in [0.05, 0.1) is 12.0 Å². The Morgan fingerprint density at radius 3 is 2.97 bits per heavy atom. The number of nitrogens with one attached hydrogen (secondary N) is 1. The van der Waals surface area contributed by atoms with E-state index in [9.17, 15) is 14.0 Å². The molecule has 2 aromatic rings. The maximum Gasteiger partial charge on any atom is 0.231 e. The second-order valence-electron chi connectivity index (χ2n) is 7.30. The lowest BCUT2D eigenvalue weighted by Crippen LogP contribution is -2.36. The molecule has 1 saturated heterocycles. The number of rotatable bonds is 3. The Hall–Kier alpha value is -2.74. The van der Waals surface area contributed by atoms with Gasteiger partial charge in [0.2, 0.25) is 18.6 Å². The molecule has 1 N–H and O–H groups in total. The van der Waals surface area contributed by atoms with Crippen LogP contribution in [0.1, 0.15) is 24.4 Å². The van der Waals surface area contributed by atoms with E-state index in [0.717, 1.165) is 17.7 Å². The second-order valence-corrected chi connectivity index (χ2v) is 8.40. The van der Waals surface area contributed by atoms with Crippen molar-refractivity contribution in [2.24, 2.45) is 5.92 Å². The normalized spacial score (nSPS) is 22.5. The van der Waals surface area contributed by atoms with Crippen LogP contribution in [0.2, 0.25) is 0 Å². The average Bonchev–Trinajstić information content (AvgIpc) is 3.34. The number of hydrogen-bond donors (Lipinski definition) is 1. The number of halogens is 1. The predicted molar refractivity (Wildman–Crippen MR) is 106 cm³/mol. The van der Waals surface area contributed by atoms with E-state index in [0.29, 0.717) is 28.6 Å². The van der Waals surface area contributed by atoms with Crippen molar-refractivity contribution in [2.75, 3.05) is 24.0 Å². The van der Waals surface area contributed by atoms with Crippen molar-refractivity contribution in [3.8, 4) is 11.5 Å². The van der Waals surface area contributed by atoms with E-state index >= 15 is 0 Å². The molecule has 2 amide bonds. The number of thioether (sulfide) groups is 1. The SMILES string of the molecule is O=C(NC1CCSc2c(F)cccc21)C1CC(=O)N(c2ccc3c(c2)OCO3)C1. The fraction of sp³-hybridized carbons (Fsp3) is 0.333. The number of benzene rings is 2. The van der Waals surface area contributed by atoms with Crippen LogP contribution in [-0.4, -0.2) is 30.9 Å². The van der Waals surface area contributed by atoms with Gasteiger partial charge in [0.1, 0.15) is 5.82 Å². The minimum absolute atomic E-state index is 0.102. The number of nitrogens with zero attached hydrogens (tertiary/aromatic N) is 1. The van der Waals surface area contributed by atoms with E-state index in [1.807, 2.05) is 6.07 Å². The molecule has 1 fully saturated rings. The van der Waals surface area contributed by atoms with E-state index in [4.69, 9.17) is 9.47 Å². The minimum Gasteiger partial charge on any atom is -0.454 e. The molecule has 0 bridgehead atoms. The highest BCUT2D eigenvalue weighted by Gasteiger charge is 2.37. The van der Waals surface area contributed by atoms with E-state index in [2.05, 4.69) is 5.32 Å². The molecular formula is C21H19FN2O4S. The zero-order valence-electron chi connectivity index (χ0n) is 15.5. The molecule has 0 radical (unpaired) electrons. The van der Waals surface area contributed by atoms with Gasteiger partial charge in [-0.2, -0.15) is 0 Å². The first kappa shape index (κ1) is 18.3. The topological polar surface area (TPSA) is 67.9 Å². The third-order valence-corrected chi connectivity index (χ3v) is 6.67. The van der Waals surface area contributed by atoms with E-state index in [1.54, 1.807) is 29.2 Å². The van der Waals surface area contributed by atoms with Gasteiger partial charge < -0.3 is 19.7 Å². The van der Waals surface area contributed by atoms with Crippen molar-refractivity contribution < 1.29 is 23.5 Å². The van der Waals surface area contributed by atoms with Gasteiger partial charge in [-0.1, -0.05) is 12.1 Å². The molecule has 2 aromatic carbocycles. The lowest BCUT2D eigenvalue weighted by atomic mass is 10.0. The molecule has 0 aromatic heterocycles. The van der Waals surface area contributed by atoms with Crippen LogP contribution in [-0.2, 0) is 9.59 Å². The van der Waals surface area contributed by atoms with Crippen molar-refractivity contribution in [1.29, 1.82) is 0 Å². The molecule has 3 aliphatic heterocycles. The first-order chi connectivity index (χ1) is 14.1.